The summed E-state index contributed by atoms with van der Waals surface area (Å²) in [6, 6.07) is 0. The van der Waals surface area contributed by atoms with Crippen LogP contribution in [0.15, 0.2) is 23.3 Å². The van der Waals surface area contributed by atoms with Crippen LogP contribution in [0.3, 0.4) is 0 Å². The van der Waals surface area contributed by atoms with Crippen molar-refractivity contribution in [1.29, 1.82) is 0 Å². The van der Waals surface area contributed by atoms with E-state index in [9.17, 15) is 0 Å². The van der Waals surface area contributed by atoms with Gasteiger partial charge in [-0.05, 0) is 45.4 Å². The lowest BCUT2D eigenvalue weighted by Gasteiger charge is -2.09. The van der Waals surface area contributed by atoms with Gasteiger partial charge in [-0.15, -0.1) is 0 Å². The maximum atomic E-state index is 2.40. The smallest absolute Gasteiger partial charge is 0.0317 e. The fraction of sp³-hybridized carbons (Fsp3) is 0.733. The summed E-state index contributed by atoms with van der Waals surface area (Å²) < 4.78 is 0. The van der Waals surface area contributed by atoms with Gasteiger partial charge in [0.15, 0.2) is 0 Å². The van der Waals surface area contributed by atoms with Gasteiger partial charge < -0.3 is 0 Å². The zero-order chi connectivity index (χ0) is 10.9. The number of hydrogen-bond donors (Lipinski definition) is 0. The topological polar surface area (TPSA) is 0 Å². The number of allylic oxidation sites excluding steroid dienone is 4. The predicted octanol–water partition coefficient (Wildman–Crippen LogP) is 5.40. The molecule has 0 atom stereocenters. The molecule has 0 aromatic heterocycles. The van der Waals surface area contributed by atoms with Crippen molar-refractivity contribution in [2.75, 3.05) is 0 Å². The Labute approximate surface area is 95.5 Å². The summed E-state index contributed by atoms with van der Waals surface area (Å²) in [5.74, 6) is 0. The molecule has 0 aliphatic heterocycles. The molecule has 0 nitrogen and oxygen atoms in total. The highest BCUT2D eigenvalue weighted by molar-refractivity contribution is 5.17. The second-order valence-electron chi connectivity index (χ2n) is 4.86. The molecule has 0 aromatic carbocycles. The van der Waals surface area contributed by atoms with Crippen LogP contribution in [0.4, 0.5) is 0 Å². The van der Waals surface area contributed by atoms with E-state index < -0.39 is 0 Å². The van der Waals surface area contributed by atoms with E-state index in [1.807, 2.05) is 0 Å². The van der Waals surface area contributed by atoms with Crippen LogP contribution in [-0.2, 0) is 0 Å². The van der Waals surface area contributed by atoms with Gasteiger partial charge in [0.05, 0.1) is 0 Å². The third-order valence-electron chi connectivity index (χ3n) is 3.27. The molecule has 86 valence electrons. The second-order valence-corrected chi connectivity index (χ2v) is 4.86. The molecule has 0 radical (unpaired) electrons. The van der Waals surface area contributed by atoms with Gasteiger partial charge in [0.25, 0.3) is 0 Å². The number of hydrogen-bond acceptors (Lipinski definition) is 0. The van der Waals surface area contributed by atoms with Crippen molar-refractivity contribution in [3.05, 3.63) is 23.3 Å². The molecule has 0 amide bonds. The van der Waals surface area contributed by atoms with Crippen LogP contribution in [-0.4, -0.2) is 0 Å². The monoisotopic (exact) mass is 206 g/mol. The highest BCUT2D eigenvalue weighted by Crippen LogP contribution is 2.20. The van der Waals surface area contributed by atoms with E-state index in [0.717, 1.165) is 0 Å². The fourth-order valence-electron chi connectivity index (χ4n) is 2.15. The summed E-state index contributed by atoms with van der Waals surface area (Å²) in [4.78, 5) is 0. The van der Waals surface area contributed by atoms with Crippen LogP contribution in [0, 0.1) is 0 Å². The zero-order valence-corrected chi connectivity index (χ0v) is 10.5. The standard InChI is InChI=1S/C15H26/c1-3-4-10-15-11-8-6-5-7-9-14(2)12-13-15/h12-13H,3-11H2,1-2H3/b14-12+,15-13-. The molecule has 0 saturated heterocycles. The molecule has 0 heterocycles. The van der Waals surface area contributed by atoms with E-state index in [2.05, 4.69) is 26.0 Å². The van der Waals surface area contributed by atoms with Crippen LogP contribution in [0.2, 0.25) is 0 Å². The summed E-state index contributed by atoms with van der Waals surface area (Å²) in [6.07, 6.45) is 17.0. The molecule has 0 spiro atoms. The maximum Gasteiger partial charge on any atom is -0.0317 e. The highest BCUT2D eigenvalue weighted by Gasteiger charge is 2.00. The molecule has 1 rings (SSSR count). The number of unbranched alkanes of at least 4 members (excludes halogenated alkanes) is 1. The molecule has 0 unspecified atom stereocenters. The molecule has 0 N–H and O–H groups in total. The van der Waals surface area contributed by atoms with Crippen molar-refractivity contribution < 1.29 is 0 Å². The Balaban J connectivity index is 2.53. The second kappa shape index (κ2) is 7.73. The minimum absolute atomic E-state index is 1.30. The van der Waals surface area contributed by atoms with Crippen molar-refractivity contribution in [3.63, 3.8) is 0 Å². The van der Waals surface area contributed by atoms with Gasteiger partial charge in [0.1, 0.15) is 0 Å². The molecule has 0 fully saturated rings. The van der Waals surface area contributed by atoms with E-state index in [1.54, 1.807) is 11.1 Å². The van der Waals surface area contributed by atoms with Crippen molar-refractivity contribution in [2.45, 2.75) is 71.6 Å². The molecular weight excluding hydrogens is 180 g/mol. The van der Waals surface area contributed by atoms with E-state index in [1.165, 1.54) is 57.8 Å². The van der Waals surface area contributed by atoms with Crippen molar-refractivity contribution in [3.8, 4) is 0 Å². The van der Waals surface area contributed by atoms with Crippen LogP contribution in [0.5, 0.6) is 0 Å². The van der Waals surface area contributed by atoms with Crippen LogP contribution in [0.1, 0.15) is 71.6 Å². The van der Waals surface area contributed by atoms with E-state index in [4.69, 9.17) is 0 Å². The van der Waals surface area contributed by atoms with Gasteiger partial charge in [0, 0.05) is 0 Å². The first kappa shape index (κ1) is 12.5. The van der Waals surface area contributed by atoms with E-state index >= 15 is 0 Å². The number of rotatable bonds is 3. The van der Waals surface area contributed by atoms with Crippen LogP contribution in [0.25, 0.3) is 0 Å². The van der Waals surface area contributed by atoms with Crippen LogP contribution >= 0.6 is 0 Å². The largest absolute Gasteiger partial charge is 0.0733 e. The average molecular weight is 206 g/mol. The molecule has 1 aliphatic carbocycles. The average Bonchev–Trinajstić information content (AvgIpc) is 2.26. The molecule has 0 heteroatoms. The normalized spacial score (nSPS) is 26.3. The highest BCUT2D eigenvalue weighted by atomic mass is 14.1. The van der Waals surface area contributed by atoms with Gasteiger partial charge >= 0.3 is 0 Å². The molecule has 0 saturated carbocycles. The Morgan fingerprint density at radius 1 is 1.00 bits per heavy atom. The summed E-state index contributed by atoms with van der Waals surface area (Å²) in [5.41, 5.74) is 3.24. The first-order valence-corrected chi connectivity index (χ1v) is 6.68. The summed E-state index contributed by atoms with van der Waals surface area (Å²) in [7, 11) is 0. The molecule has 0 aromatic rings. The Hall–Kier alpha value is -0.520. The van der Waals surface area contributed by atoms with E-state index in [-0.39, 0.29) is 0 Å². The Bertz CT molecular complexity index is 220. The lowest BCUT2D eigenvalue weighted by molar-refractivity contribution is 0.621. The van der Waals surface area contributed by atoms with Gasteiger partial charge in [0.2, 0.25) is 0 Å². The van der Waals surface area contributed by atoms with Gasteiger partial charge in [-0.25, -0.2) is 0 Å². The Kier molecular flexibility index (Phi) is 6.47. The van der Waals surface area contributed by atoms with Crippen molar-refractivity contribution in [2.24, 2.45) is 0 Å². The summed E-state index contributed by atoms with van der Waals surface area (Å²) in [5, 5.41) is 0. The van der Waals surface area contributed by atoms with E-state index in [0.29, 0.717) is 0 Å². The third kappa shape index (κ3) is 5.81. The Morgan fingerprint density at radius 2 is 1.73 bits per heavy atom. The fourth-order valence-corrected chi connectivity index (χ4v) is 2.15. The molecular formula is C15H26. The predicted molar refractivity (Wildman–Crippen MR) is 69.1 cm³/mol. The summed E-state index contributed by atoms with van der Waals surface area (Å²) >= 11 is 0. The van der Waals surface area contributed by atoms with Crippen LogP contribution < -0.4 is 0 Å². The quantitative estimate of drug-likeness (QED) is 0.579. The SMILES string of the molecule is CCCC/C1=C/C=C(\C)CCCCCC1. The van der Waals surface area contributed by atoms with Gasteiger partial charge in [-0.1, -0.05) is 49.5 Å². The van der Waals surface area contributed by atoms with Crippen molar-refractivity contribution >= 4 is 0 Å². The summed E-state index contributed by atoms with van der Waals surface area (Å²) in [6.45, 7) is 4.55. The molecule has 1 aliphatic rings. The molecule has 15 heavy (non-hydrogen) atoms. The molecule has 0 bridgehead atoms. The minimum Gasteiger partial charge on any atom is -0.0733 e. The van der Waals surface area contributed by atoms with Gasteiger partial charge in [-0.3, -0.25) is 0 Å². The Morgan fingerprint density at radius 3 is 2.47 bits per heavy atom. The first-order chi connectivity index (χ1) is 7.33. The van der Waals surface area contributed by atoms with Gasteiger partial charge in [-0.2, -0.15) is 0 Å². The zero-order valence-electron chi connectivity index (χ0n) is 10.5. The minimum atomic E-state index is 1.30. The third-order valence-corrected chi connectivity index (χ3v) is 3.27. The first-order valence-electron chi connectivity index (χ1n) is 6.68. The maximum absolute atomic E-state index is 2.40. The lowest BCUT2D eigenvalue weighted by Crippen LogP contribution is -1.89. The lowest BCUT2D eigenvalue weighted by atomic mass is 9.97. The van der Waals surface area contributed by atoms with Crippen molar-refractivity contribution in [1.82, 2.24) is 0 Å².